The van der Waals surface area contributed by atoms with Crippen molar-refractivity contribution in [2.45, 2.75) is 33.2 Å². The molecule has 0 radical (unpaired) electrons. The van der Waals surface area contributed by atoms with E-state index in [4.69, 9.17) is 9.15 Å². The molecule has 0 spiro atoms. The van der Waals surface area contributed by atoms with Gasteiger partial charge in [-0.2, -0.15) is 0 Å². The van der Waals surface area contributed by atoms with Crippen molar-refractivity contribution in [3.63, 3.8) is 0 Å². The van der Waals surface area contributed by atoms with Crippen LogP contribution in [0.2, 0.25) is 0 Å². The molecule has 0 aliphatic carbocycles. The van der Waals surface area contributed by atoms with Crippen molar-refractivity contribution >= 4 is 5.91 Å². The van der Waals surface area contributed by atoms with E-state index in [2.05, 4.69) is 11.1 Å². The average Bonchev–Trinajstić information content (AvgIpc) is 2.73. The maximum atomic E-state index is 12.7. The first-order valence-corrected chi connectivity index (χ1v) is 7.47. The minimum absolute atomic E-state index is 0.0574. The zero-order valence-corrected chi connectivity index (χ0v) is 13.2. The molecule has 1 amide bonds. The quantitative estimate of drug-likeness (QED) is 0.855. The molecule has 1 aromatic heterocycles. The lowest BCUT2D eigenvalue weighted by atomic mass is 10.0. The smallest absolute Gasteiger partial charge is 0.276 e. The Labute approximate surface area is 129 Å². The molecular weight excluding hydrogens is 280 g/mol. The van der Waals surface area contributed by atoms with E-state index in [0.29, 0.717) is 23.9 Å². The highest BCUT2D eigenvalue weighted by molar-refractivity contribution is 5.93. The summed E-state index contributed by atoms with van der Waals surface area (Å²) in [7, 11) is 1.67. The van der Waals surface area contributed by atoms with Crippen LogP contribution in [0.15, 0.2) is 22.6 Å². The number of hydrogen-bond acceptors (Lipinski definition) is 4. The number of aryl methyl sites for hydroxylation is 3. The fraction of sp³-hybridized carbons (Fsp3) is 0.412. The summed E-state index contributed by atoms with van der Waals surface area (Å²) >= 11 is 0. The summed E-state index contributed by atoms with van der Waals surface area (Å²) < 4.78 is 10.7. The van der Waals surface area contributed by atoms with Crippen LogP contribution in [0, 0.1) is 13.8 Å². The molecule has 0 saturated carbocycles. The molecule has 2 aromatic rings. The highest BCUT2D eigenvalue weighted by atomic mass is 16.5. The van der Waals surface area contributed by atoms with Crippen LogP contribution in [0.4, 0.5) is 0 Å². The molecule has 0 atom stereocenters. The third-order valence-electron chi connectivity index (χ3n) is 4.04. The van der Waals surface area contributed by atoms with Crippen LogP contribution in [-0.2, 0) is 13.0 Å². The number of oxazole rings is 1. The Kier molecular flexibility index (Phi) is 3.88. The largest absolute Gasteiger partial charge is 0.497 e. The first-order chi connectivity index (χ1) is 10.6. The van der Waals surface area contributed by atoms with Crippen molar-refractivity contribution in [1.82, 2.24) is 9.88 Å². The van der Waals surface area contributed by atoms with Gasteiger partial charge >= 0.3 is 0 Å². The SMILES string of the molecule is COc1ccc2c(c1)CCCN(C(=O)c1nc(C)oc1C)C2. The first-order valence-electron chi connectivity index (χ1n) is 7.47. The van der Waals surface area contributed by atoms with E-state index >= 15 is 0 Å². The summed E-state index contributed by atoms with van der Waals surface area (Å²) in [5.41, 5.74) is 2.85. The molecule has 5 nitrogen and oxygen atoms in total. The Morgan fingerprint density at radius 1 is 1.32 bits per heavy atom. The van der Waals surface area contributed by atoms with Crippen molar-refractivity contribution in [2.24, 2.45) is 0 Å². The van der Waals surface area contributed by atoms with E-state index in [0.717, 1.165) is 25.1 Å². The molecule has 1 aliphatic heterocycles. The molecule has 5 heteroatoms. The van der Waals surface area contributed by atoms with Crippen LogP contribution >= 0.6 is 0 Å². The number of carbonyl (C=O) groups excluding carboxylic acids is 1. The van der Waals surface area contributed by atoms with Crippen LogP contribution in [0.5, 0.6) is 5.75 Å². The molecule has 0 unspecified atom stereocenters. The van der Waals surface area contributed by atoms with E-state index in [-0.39, 0.29) is 5.91 Å². The summed E-state index contributed by atoms with van der Waals surface area (Å²) in [4.78, 5) is 18.8. The average molecular weight is 300 g/mol. The predicted molar refractivity (Wildman–Crippen MR) is 82.0 cm³/mol. The number of ether oxygens (including phenoxy) is 1. The molecule has 22 heavy (non-hydrogen) atoms. The Hall–Kier alpha value is -2.30. The first kappa shape index (κ1) is 14.6. The lowest BCUT2D eigenvalue weighted by Crippen LogP contribution is -2.31. The normalized spacial score (nSPS) is 14.4. The number of rotatable bonds is 2. The fourth-order valence-corrected chi connectivity index (χ4v) is 2.91. The number of carbonyl (C=O) groups is 1. The van der Waals surface area contributed by atoms with E-state index in [1.165, 1.54) is 11.1 Å². The number of hydrogen-bond donors (Lipinski definition) is 0. The van der Waals surface area contributed by atoms with Crippen molar-refractivity contribution in [1.29, 1.82) is 0 Å². The van der Waals surface area contributed by atoms with Crippen LogP contribution in [0.25, 0.3) is 0 Å². The maximum Gasteiger partial charge on any atom is 0.276 e. The minimum Gasteiger partial charge on any atom is -0.497 e. The molecule has 116 valence electrons. The topological polar surface area (TPSA) is 55.6 Å². The van der Waals surface area contributed by atoms with Gasteiger partial charge in [-0.15, -0.1) is 0 Å². The molecule has 1 aliphatic rings. The number of fused-ring (bicyclic) bond motifs is 1. The van der Waals surface area contributed by atoms with Crippen LogP contribution < -0.4 is 4.74 Å². The van der Waals surface area contributed by atoms with Gasteiger partial charge in [-0.25, -0.2) is 4.98 Å². The number of nitrogens with zero attached hydrogens (tertiary/aromatic N) is 2. The van der Waals surface area contributed by atoms with Crippen molar-refractivity contribution in [3.05, 3.63) is 46.7 Å². The highest BCUT2D eigenvalue weighted by Crippen LogP contribution is 2.24. The molecule has 3 rings (SSSR count). The second-order valence-corrected chi connectivity index (χ2v) is 5.60. The second-order valence-electron chi connectivity index (χ2n) is 5.60. The molecule has 0 N–H and O–H groups in total. The van der Waals surface area contributed by atoms with E-state index in [1.807, 2.05) is 17.0 Å². The van der Waals surface area contributed by atoms with Crippen molar-refractivity contribution in [2.75, 3.05) is 13.7 Å². The maximum absolute atomic E-state index is 12.7. The number of methoxy groups -OCH3 is 1. The molecule has 1 aromatic carbocycles. The molecule has 0 saturated heterocycles. The van der Waals surface area contributed by atoms with Gasteiger partial charge in [0.05, 0.1) is 7.11 Å². The van der Waals surface area contributed by atoms with Crippen molar-refractivity contribution < 1.29 is 13.9 Å². The van der Waals surface area contributed by atoms with Crippen LogP contribution in [-0.4, -0.2) is 29.4 Å². The summed E-state index contributed by atoms with van der Waals surface area (Å²) in [6.45, 7) is 4.86. The van der Waals surface area contributed by atoms with Gasteiger partial charge in [0, 0.05) is 20.0 Å². The van der Waals surface area contributed by atoms with Gasteiger partial charge in [0.25, 0.3) is 5.91 Å². The third kappa shape index (κ3) is 2.71. The number of benzene rings is 1. The van der Waals surface area contributed by atoms with Crippen molar-refractivity contribution in [3.8, 4) is 5.75 Å². The Morgan fingerprint density at radius 3 is 2.82 bits per heavy atom. The lowest BCUT2D eigenvalue weighted by Gasteiger charge is -2.20. The van der Waals surface area contributed by atoms with E-state index in [9.17, 15) is 4.79 Å². The van der Waals surface area contributed by atoms with Crippen LogP contribution in [0.3, 0.4) is 0 Å². The van der Waals surface area contributed by atoms with Gasteiger partial charge < -0.3 is 14.1 Å². The zero-order chi connectivity index (χ0) is 15.7. The van der Waals surface area contributed by atoms with Gasteiger partial charge in [0.2, 0.25) is 0 Å². The minimum atomic E-state index is -0.0574. The Balaban J connectivity index is 1.86. The molecular formula is C17H20N2O3. The summed E-state index contributed by atoms with van der Waals surface area (Å²) in [6, 6.07) is 6.05. The Bertz CT molecular complexity index is 706. The summed E-state index contributed by atoms with van der Waals surface area (Å²) in [5, 5.41) is 0. The van der Waals surface area contributed by atoms with Gasteiger partial charge in [0.15, 0.2) is 11.6 Å². The van der Waals surface area contributed by atoms with E-state index in [1.54, 1.807) is 21.0 Å². The number of aromatic nitrogens is 1. The van der Waals surface area contributed by atoms with Gasteiger partial charge in [-0.05, 0) is 43.0 Å². The fourth-order valence-electron chi connectivity index (χ4n) is 2.91. The highest BCUT2D eigenvalue weighted by Gasteiger charge is 2.24. The summed E-state index contributed by atoms with van der Waals surface area (Å²) in [6.07, 6.45) is 1.88. The Morgan fingerprint density at radius 2 is 2.14 bits per heavy atom. The number of amides is 1. The van der Waals surface area contributed by atoms with Gasteiger partial charge in [-0.1, -0.05) is 6.07 Å². The lowest BCUT2D eigenvalue weighted by molar-refractivity contribution is 0.0739. The van der Waals surface area contributed by atoms with Gasteiger partial charge in [-0.3, -0.25) is 4.79 Å². The molecule has 2 heterocycles. The van der Waals surface area contributed by atoms with Crippen LogP contribution in [0.1, 0.15) is 39.7 Å². The monoisotopic (exact) mass is 300 g/mol. The van der Waals surface area contributed by atoms with E-state index < -0.39 is 0 Å². The second kappa shape index (κ2) is 5.83. The standard InChI is InChI=1S/C17H20N2O3/c1-11-16(18-12(2)22-11)17(20)19-8-4-5-13-9-15(21-3)7-6-14(13)10-19/h6-7,9H,4-5,8,10H2,1-3H3. The summed E-state index contributed by atoms with van der Waals surface area (Å²) in [5.74, 6) is 1.92. The molecule has 0 bridgehead atoms. The third-order valence-corrected chi connectivity index (χ3v) is 4.04. The zero-order valence-electron chi connectivity index (χ0n) is 13.2. The van der Waals surface area contributed by atoms with Gasteiger partial charge in [0.1, 0.15) is 11.5 Å². The molecule has 0 fully saturated rings. The predicted octanol–water partition coefficient (Wildman–Crippen LogP) is 2.89.